The Kier molecular flexibility index (Phi) is 6.24. The molecule has 1 heterocycles. The van der Waals surface area contributed by atoms with Crippen LogP contribution in [-0.2, 0) is 6.61 Å². The highest BCUT2D eigenvalue weighted by molar-refractivity contribution is 6.30. The molecular weight excluding hydrogens is 418 g/mol. The van der Waals surface area contributed by atoms with Crippen molar-refractivity contribution in [3.8, 4) is 17.1 Å². The van der Waals surface area contributed by atoms with Gasteiger partial charge in [0, 0.05) is 10.7 Å². The Labute approximate surface area is 193 Å². The van der Waals surface area contributed by atoms with Crippen molar-refractivity contribution >= 4 is 22.6 Å². The summed E-state index contributed by atoms with van der Waals surface area (Å²) >= 11 is 6.17. The zero-order chi connectivity index (χ0) is 21.9. The lowest BCUT2D eigenvalue weighted by molar-refractivity contribution is 0.282. The molecular formula is C27H28ClN3O. The van der Waals surface area contributed by atoms with Gasteiger partial charge in [-0.15, -0.1) is 0 Å². The second-order valence-corrected chi connectivity index (χ2v) is 9.14. The van der Waals surface area contributed by atoms with Gasteiger partial charge in [0.25, 0.3) is 0 Å². The molecule has 1 fully saturated rings. The summed E-state index contributed by atoms with van der Waals surface area (Å²) in [7, 11) is 0. The van der Waals surface area contributed by atoms with Crippen LogP contribution in [0.1, 0.15) is 50.5 Å². The van der Waals surface area contributed by atoms with E-state index < -0.39 is 0 Å². The van der Waals surface area contributed by atoms with Crippen LogP contribution in [0.25, 0.3) is 28.1 Å². The first-order chi connectivity index (χ1) is 15.7. The van der Waals surface area contributed by atoms with Crippen LogP contribution in [0.2, 0.25) is 5.02 Å². The normalized spacial score (nSPS) is 16.4. The number of hydrogen-bond acceptors (Lipinski definition) is 3. The third-order valence-electron chi connectivity index (χ3n) is 6.40. The third-order valence-corrected chi connectivity index (χ3v) is 6.65. The van der Waals surface area contributed by atoms with Crippen molar-refractivity contribution in [3.63, 3.8) is 0 Å². The van der Waals surface area contributed by atoms with E-state index in [0.29, 0.717) is 11.1 Å². The van der Waals surface area contributed by atoms with E-state index in [0.717, 1.165) is 39.0 Å². The maximum Gasteiger partial charge on any atom is 0.0881 e. The number of aliphatic hydroxyl groups excluding tert-OH is 1. The second-order valence-electron chi connectivity index (χ2n) is 8.71. The fourth-order valence-electron chi connectivity index (χ4n) is 4.71. The smallest absolute Gasteiger partial charge is 0.0881 e. The van der Waals surface area contributed by atoms with Gasteiger partial charge in [-0.3, -0.25) is 4.99 Å². The SMILES string of the molecule is OCc1ccc2c(c1)nc1ccc(=NC3CCCCCCC3)cc-1n2-c1ccc(Cl)cc1. The summed E-state index contributed by atoms with van der Waals surface area (Å²) in [6.07, 6.45) is 8.90. The summed E-state index contributed by atoms with van der Waals surface area (Å²) in [5.74, 6) is 0. The number of halogens is 1. The standard InChI is InChI=1S/C27H28ClN3O/c28-20-9-12-23(13-10-20)31-26-15-8-19(18-32)16-25(26)30-24-14-11-22(17-27(24)31)29-21-6-4-2-1-3-5-7-21/h8-17,21,32H,1-7,18H2. The lowest BCUT2D eigenvalue weighted by Gasteiger charge is -2.20. The van der Waals surface area contributed by atoms with E-state index in [1.54, 1.807) is 0 Å². The molecule has 0 spiro atoms. The van der Waals surface area contributed by atoms with Gasteiger partial charge in [0.05, 0.1) is 40.4 Å². The first-order valence-corrected chi connectivity index (χ1v) is 12.0. The van der Waals surface area contributed by atoms with Crippen LogP contribution in [0, 0.1) is 0 Å². The van der Waals surface area contributed by atoms with E-state index in [1.807, 2.05) is 42.5 Å². The summed E-state index contributed by atoms with van der Waals surface area (Å²) in [5.41, 5.74) is 5.63. The van der Waals surface area contributed by atoms with Crippen molar-refractivity contribution in [2.75, 3.05) is 0 Å². The number of aromatic nitrogens is 2. The van der Waals surface area contributed by atoms with Gasteiger partial charge in [-0.2, -0.15) is 0 Å². The van der Waals surface area contributed by atoms with Crippen molar-refractivity contribution in [3.05, 3.63) is 76.6 Å². The fourth-order valence-corrected chi connectivity index (χ4v) is 4.84. The molecule has 0 atom stereocenters. The predicted molar refractivity (Wildman–Crippen MR) is 130 cm³/mol. The second kappa shape index (κ2) is 9.43. The Morgan fingerprint density at radius 2 is 1.66 bits per heavy atom. The van der Waals surface area contributed by atoms with E-state index in [1.165, 1.54) is 44.9 Å². The van der Waals surface area contributed by atoms with Gasteiger partial charge < -0.3 is 9.67 Å². The molecule has 5 heteroatoms. The van der Waals surface area contributed by atoms with Gasteiger partial charge in [-0.1, -0.05) is 49.8 Å². The Hall–Kier alpha value is -2.69. The molecule has 0 unspecified atom stereocenters. The minimum absolute atomic E-state index is 0.00416. The molecule has 1 saturated carbocycles. The molecule has 2 aliphatic carbocycles. The number of nitrogens with zero attached hydrogens (tertiary/aromatic N) is 3. The highest BCUT2D eigenvalue weighted by Crippen LogP contribution is 2.29. The quantitative estimate of drug-likeness (QED) is 0.377. The largest absolute Gasteiger partial charge is 0.392 e. The predicted octanol–water partition coefficient (Wildman–Crippen LogP) is 6.29. The van der Waals surface area contributed by atoms with Crippen LogP contribution >= 0.6 is 11.6 Å². The maximum absolute atomic E-state index is 9.60. The van der Waals surface area contributed by atoms with Gasteiger partial charge >= 0.3 is 0 Å². The van der Waals surface area contributed by atoms with E-state index in [9.17, 15) is 5.11 Å². The molecule has 0 bridgehead atoms. The van der Waals surface area contributed by atoms with Gasteiger partial charge in [-0.05, 0) is 73.0 Å². The molecule has 1 aliphatic heterocycles. The fraction of sp³-hybridized carbons (Fsp3) is 0.333. The van der Waals surface area contributed by atoms with E-state index in [-0.39, 0.29) is 6.61 Å². The summed E-state index contributed by atoms with van der Waals surface area (Å²) in [5, 5.41) is 11.3. The topological polar surface area (TPSA) is 50.4 Å². The van der Waals surface area contributed by atoms with Gasteiger partial charge in [0.2, 0.25) is 0 Å². The number of fused-ring (bicyclic) bond motifs is 2. The van der Waals surface area contributed by atoms with E-state index >= 15 is 0 Å². The van der Waals surface area contributed by atoms with Crippen molar-refractivity contribution in [2.45, 2.75) is 57.6 Å². The maximum atomic E-state index is 9.60. The molecule has 0 aromatic heterocycles. The molecule has 2 aromatic carbocycles. The monoisotopic (exact) mass is 445 g/mol. The molecule has 32 heavy (non-hydrogen) atoms. The van der Waals surface area contributed by atoms with Crippen LogP contribution in [-0.4, -0.2) is 20.7 Å². The highest BCUT2D eigenvalue weighted by atomic mass is 35.5. The summed E-state index contributed by atoms with van der Waals surface area (Å²) in [6.45, 7) is -0.00416. The van der Waals surface area contributed by atoms with E-state index in [4.69, 9.17) is 21.6 Å². The third kappa shape index (κ3) is 4.43. The van der Waals surface area contributed by atoms with E-state index in [2.05, 4.69) is 22.8 Å². The van der Waals surface area contributed by atoms with Crippen LogP contribution in [0.15, 0.2) is 65.7 Å². The summed E-state index contributed by atoms with van der Waals surface area (Å²) in [6, 6.07) is 20.5. The summed E-state index contributed by atoms with van der Waals surface area (Å²) < 4.78 is 2.21. The molecule has 2 aromatic rings. The molecule has 4 nitrogen and oxygen atoms in total. The first kappa shape index (κ1) is 21.2. The molecule has 3 aliphatic rings. The number of hydrogen-bond donors (Lipinski definition) is 1. The van der Waals surface area contributed by atoms with Crippen LogP contribution in [0.5, 0.6) is 0 Å². The average molecular weight is 446 g/mol. The van der Waals surface area contributed by atoms with Crippen molar-refractivity contribution in [2.24, 2.45) is 4.99 Å². The minimum Gasteiger partial charge on any atom is -0.392 e. The first-order valence-electron chi connectivity index (χ1n) is 11.6. The number of benzene rings is 3. The van der Waals surface area contributed by atoms with Crippen molar-refractivity contribution < 1.29 is 5.11 Å². The lowest BCUT2D eigenvalue weighted by Crippen LogP contribution is -2.15. The molecule has 5 rings (SSSR count). The van der Waals surface area contributed by atoms with Gasteiger partial charge in [0.1, 0.15) is 0 Å². The Bertz CT molecular complexity index is 1250. The lowest BCUT2D eigenvalue weighted by atomic mass is 9.97. The Balaban J connectivity index is 1.70. The molecule has 0 amide bonds. The molecule has 0 radical (unpaired) electrons. The highest BCUT2D eigenvalue weighted by Gasteiger charge is 2.15. The van der Waals surface area contributed by atoms with Gasteiger partial charge in [-0.25, -0.2) is 4.98 Å². The average Bonchev–Trinajstić information content (AvgIpc) is 2.79. The van der Waals surface area contributed by atoms with Gasteiger partial charge in [0.15, 0.2) is 0 Å². The number of rotatable bonds is 3. The minimum atomic E-state index is -0.00416. The van der Waals surface area contributed by atoms with Crippen molar-refractivity contribution in [1.29, 1.82) is 0 Å². The number of aliphatic hydroxyl groups is 1. The zero-order valence-corrected chi connectivity index (χ0v) is 18.9. The molecule has 164 valence electrons. The summed E-state index contributed by atoms with van der Waals surface area (Å²) in [4.78, 5) is 10.0. The van der Waals surface area contributed by atoms with Crippen molar-refractivity contribution in [1.82, 2.24) is 9.55 Å². The van der Waals surface area contributed by atoms with Crippen LogP contribution < -0.4 is 5.36 Å². The Morgan fingerprint density at radius 3 is 2.41 bits per heavy atom. The molecule has 1 N–H and O–H groups in total. The van der Waals surface area contributed by atoms with Crippen LogP contribution in [0.4, 0.5) is 0 Å². The zero-order valence-electron chi connectivity index (χ0n) is 18.2. The molecule has 0 saturated heterocycles. The van der Waals surface area contributed by atoms with Crippen LogP contribution in [0.3, 0.4) is 0 Å². The Morgan fingerprint density at radius 1 is 0.906 bits per heavy atom.